The van der Waals surface area contributed by atoms with Crippen molar-refractivity contribution in [2.24, 2.45) is 0 Å². The van der Waals surface area contributed by atoms with E-state index in [4.69, 9.17) is 58.6 Å². The Morgan fingerprint density at radius 1 is 1.00 bits per heavy atom. The van der Waals surface area contributed by atoms with E-state index in [-0.39, 0.29) is 11.0 Å². The maximum absolute atomic E-state index is 12.3. The Bertz CT molecular complexity index is 799. The quantitative estimate of drug-likeness (QED) is 0.335. The summed E-state index contributed by atoms with van der Waals surface area (Å²) in [6.45, 7) is 1.94. The van der Waals surface area contributed by atoms with E-state index < -0.39 is 11.0 Å². The van der Waals surface area contributed by atoms with Crippen molar-refractivity contribution in [2.75, 3.05) is 5.32 Å². The van der Waals surface area contributed by atoms with E-state index in [9.17, 15) is 4.79 Å². The lowest BCUT2D eigenvalue weighted by atomic mass is 10.1. The Labute approximate surface area is 177 Å². The Kier molecular flexibility index (Phi) is 7.80. The molecule has 0 radical (unpaired) electrons. The Morgan fingerprint density at radius 2 is 1.65 bits per heavy atom. The molecule has 2 aromatic carbocycles. The van der Waals surface area contributed by atoms with Crippen LogP contribution in [0.3, 0.4) is 0 Å². The van der Waals surface area contributed by atoms with Gasteiger partial charge < -0.3 is 16.0 Å². The molecule has 138 valence electrons. The first kappa shape index (κ1) is 21.1. The summed E-state index contributed by atoms with van der Waals surface area (Å²) in [7, 11) is 0. The van der Waals surface area contributed by atoms with Gasteiger partial charge in [0.15, 0.2) is 5.11 Å². The average Bonchev–Trinajstić information content (AvgIpc) is 2.58. The molecule has 0 fully saturated rings. The summed E-state index contributed by atoms with van der Waals surface area (Å²) in [5.74, 6) is -0.328. The van der Waals surface area contributed by atoms with Gasteiger partial charge >= 0.3 is 0 Å². The van der Waals surface area contributed by atoms with Gasteiger partial charge in [0.1, 0.15) is 11.0 Å². The van der Waals surface area contributed by atoms with Gasteiger partial charge in [0.05, 0.1) is 10.0 Å². The highest BCUT2D eigenvalue weighted by atomic mass is 35.5. The van der Waals surface area contributed by atoms with E-state index in [1.165, 1.54) is 0 Å². The molecule has 0 aliphatic rings. The van der Waals surface area contributed by atoms with Gasteiger partial charge in [-0.3, -0.25) is 4.79 Å². The van der Waals surface area contributed by atoms with Crippen molar-refractivity contribution in [1.29, 1.82) is 0 Å². The van der Waals surface area contributed by atoms with Crippen LogP contribution >= 0.6 is 58.6 Å². The highest BCUT2D eigenvalue weighted by molar-refractivity contribution is 7.80. The van der Waals surface area contributed by atoms with Gasteiger partial charge in [0, 0.05) is 11.3 Å². The largest absolute Gasteiger partial charge is 0.340 e. The van der Waals surface area contributed by atoms with Crippen molar-refractivity contribution in [3.63, 3.8) is 0 Å². The van der Waals surface area contributed by atoms with Crippen LogP contribution in [0.4, 0.5) is 5.69 Å². The van der Waals surface area contributed by atoms with Crippen LogP contribution in [-0.4, -0.2) is 22.0 Å². The van der Waals surface area contributed by atoms with Gasteiger partial charge in [-0.25, -0.2) is 0 Å². The first-order valence-electron chi connectivity index (χ1n) is 7.44. The number of anilines is 1. The smallest absolute Gasteiger partial charge is 0.252 e. The molecule has 0 aliphatic carbocycles. The number of hydrogen-bond donors (Lipinski definition) is 3. The fraction of sp³-hybridized carbons (Fsp3) is 0.176. The topological polar surface area (TPSA) is 53.2 Å². The molecule has 1 amide bonds. The van der Waals surface area contributed by atoms with Crippen molar-refractivity contribution in [1.82, 2.24) is 10.6 Å². The summed E-state index contributed by atoms with van der Waals surface area (Å²) in [4.78, 5) is 11.4. The molecule has 26 heavy (non-hydrogen) atoms. The molecule has 0 aromatic heterocycles. The molecular formula is C17H15Cl4N3OS. The molecule has 9 heteroatoms. The first-order chi connectivity index (χ1) is 12.3. The number of carbonyl (C=O) groups is 1. The number of thiocarbonyl (C=S) groups is 1. The normalized spacial score (nSPS) is 11.8. The van der Waals surface area contributed by atoms with Crippen LogP contribution in [0.25, 0.3) is 0 Å². The number of aryl methyl sites for hydroxylation is 1. The van der Waals surface area contributed by atoms with E-state index in [0.29, 0.717) is 21.3 Å². The minimum Gasteiger partial charge on any atom is -0.340 e. The third-order valence-corrected chi connectivity index (χ3v) is 4.78. The van der Waals surface area contributed by atoms with Crippen molar-refractivity contribution >= 4 is 75.3 Å². The minimum absolute atomic E-state index is 0.212. The van der Waals surface area contributed by atoms with E-state index in [2.05, 4.69) is 16.0 Å². The summed E-state index contributed by atoms with van der Waals surface area (Å²) in [5.41, 5.74) is 2.16. The molecule has 3 N–H and O–H groups in total. The van der Waals surface area contributed by atoms with Gasteiger partial charge in [-0.15, -0.1) is 23.2 Å². The van der Waals surface area contributed by atoms with E-state index in [1.807, 2.05) is 19.1 Å². The molecule has 0 aliphatic heterocycles. The minimum atomic E-state index is -0.932. The lowest BCUT2D eigenvalue weighted by molar-refractivity contribution is 0.0936. The summed E-state index contributed by atoms with van der Waals surface area (Å²) in [6, 6.07) is 12.1. The fourth-order valence-electron chi connectivity index (χ4n) is 1.97. The predicted molar refractivity (Wildman–Crippen MR) is 114 cm³/mol. The van der Waals surface area contributed by atoms with E-state index >= 15 is 0 Å². The second-order valence-corrected chi connectivity index (χ2v) is 7.77. The number of hydrogen-bond acceptors (Lipinski definition) is 2. The number of nitrogens with one attached hydrogen (secondary N) is 3. The maximum Gasteiger partial charge on any atom is 0.252 e. The molecule has 0 heterocycles. The zero-order chi connectivity index (χ0) is 19.3. The number of halogens is 4. The third-order valence-electron chi connectivity index (χ3n) is 3.32. The summed E-state index contributed by atoms with van der Waals surface area (Å²) in [5, 5.41) is 9.51. The van der Waals surface area contributed by atoms with Crippen molar-refractivity contribution in [2.45, 2.75) is 17.9 Å². The number of alkyl halides is 2. The monoisotopic (exact) mass is 449 g/mol. The Morgan fingerprint density at radius 3 is 2.23 bits per heavy atom. The van der Waals surface area contributed by atoms with Gasteiger partial charge in [0.2, 0.25) is 0 Å². The molecule has 2 rings (SSSR count). The molecule has 0 spiro atoms. The van der Waals surface area contributed by atoms with E-state index in [0.717, 1.165) is 5.56 Å². The summed E-state index contributed by atoms with van der Waals surface area (Å²) in [6.07, 6.45) is -0.796. The molecule has 1 unspecified atom stereocenters. The fourth-order valence-corrected chi connectivity index (χ4v) is 2.77. The van der Waals surface area contributed by atoms with Gasteiger partial charge in [-0.2, -0.15) is 0 Å². The lowest BCUT2D eigenvalue weighted by Crippen LogP contribution is -2.52. The van der Waals surface area contributed by atoms with E-state index in [1.54, 1.807) is 30.3 Å². The van der Waals surface area contributed by atoms with Crippen LogP contribution in [0.5, 0.6) is 0 Å². The molecule has 0 saturated carbocycles. The SMILES string of the molecule is Cc1ccc(C(=O)NC(NC(=S)Nc2ccc(Cl)c(Cl)c2)C(Cl)Cl)cc1. The molecule has 4 nitrogen and oxygen atoms in total. The van der Waals surface area contributed by atoms with Gasteiger partial charge in [0.25, 0.3) is 5.91 Å². The second kappa shape index (κ2) is 9.62. The zero-order valence-corrected chi connectivity index (χ0v) is 17.4. The summed E-state index contributed by atoms with van der Waals surface area (Å²) < 4.78 is 0. The van der Waals surface area contributed by atoms with Crippen LogP contribution in [-0.2, 0) is 0 Å². The van der Waals surface area contributed by atoms with Gasteiger partial charge in [-0.1, -0.05) is 40.9 Å². The molecule has 2 aromatic rings. The molecular weight excluding hydrogens is 436 g/mol. The molecule has 0 saturated heterocycles. The van der Waals surface area contributed by atoms with Crippen LogP contribution < -0.4 is 16.0 Å². The lowest BCUT2D eigenvalue weighted by Gasteiger charge is -2.23. The molecule has 0 bridgehead atoms. The Hall–Kier alpha value is -1.24. The third kappa shape index (κ3) is 6.18. The van der Waals surface area contributed by atoms with Crippen molar-refractivity contribution < 1.29 is 4.79 Å². The number of amides is 1. The zero-order valence-electron chi connectivity index (χ0n) is 13.5. The number of benzene rings is 2. The van der Waals surface area contributed by atoms with Crippen LogP contribution in [0.2, 0.25) is 10.0 Å². The predicted octanol–water partition coefficient (Wildman–Crippen LogP) is 5.15. The Balaban J connectivity index is 2.00. The van der Waals surface area contributed by atoms with Crippen LogP contribution in [0.15, 0.2) is 42.5 Å². The highest BCUT2D eigenvalue weighted by Crippen LogP contribution is 2.25. The number of carbonyl (C=O) groups excluding carboxylic acids is 1. The second-order valence-electron chi connectivity index (χ2n) is 5.38. The number of rotatable bonds is 5. The van der Waals surface area contributed by atoms with Gasteiger partial charge in [-0.05, 0) is 49.5 Å². The maximum atomic E-state index is 12.3. The highest BCUT2D eigenvalue weighted by Gasteiger charge is 2.21. The first-order valence-corrected chi connectivity index (χ1v) is 9.48. The van der Waals surface area contributed by atoms with Crippen molar-refractivity contribution in [3.05, 3.63) is 63.6 Å². The molecule has 1 atom stereocenters. The van der Waals surface area contributed by atoms with Crippen molar-refractivity contribution in [3.8, 4) is 0 Å². The van der Waals surface area contributed by atoms with Crippen LogP contribution in [0, 0.1) is 6.92 Å². The average molecular weight is 451 g/mol. The van der Waals surface area contributed by atoms with Crippen LogP contribution in [0.1, 0.15) is 15.9 Å². The summed E-state index contributed by atoms with van der Waals surface area (Å²) >= 11 is 29.0. The standard InChI is InChI=1S/C17H15Cl4N3OS/c1-9-2-4-10(5-3-9)16(25)23-15(14(20)21)24-17(26)22-11-6-7-12(18)13(19)8-11/h2-8,14-15H,1H3,(H,23,25)(H2,22,24,26).